The number of hydrogen-bond acceptors (Lipinski definition) is 6. The third-order valence-corrected chi connectivity index (χ3v) is 7.43. The summed E-state index contributed by atoms with van der Waals surface area (Å²) >= 11 is 0. The standard InChI is InChI=1S/C24H19F6N5O2/c25-16-3-6-18(19(26)7-16)23(36,12-35-14-32-33-34-35)24(29,30)21-8-20(9-21,10-21)15-1-4-17(5-2-15)37-13-22(27,28)11-31/h1-7,14,36H,8-10,12-13H2/t20?,21?,23-/m1/s1. The average molecular weight is 523 g/mol. The minimum Gasteiger partial charge on any atom is -0.486 e. The number of nitrogens with zero attached hydrogens (tertiary/aromatic N) is 5. The summed E-state index contributed by atoms with van der Waals surface area (Å²) in [6.45, 7) is -1.99. The van der Waals surface area contributed by atoms with Gasteiger partial charge in [-0.2, -0.15) is 14.0 Å². The van der Waals surface area contributed by atoms with Gasteiger partial charge in [-0.3, -0.25) is 0 Å². The van der Waals surface area contributed by atoms with Crippen LogP contribution in [0.2, 0.25) is 0 Å². The monoisotopic (exact) mass is 523 g/mol. The van der Waals surface area contributed by atoms with E-state index < -0.39 is 58.6 Å². The first-order valence-electron chi connectivity index (χ1n) is 11.1. The van der Waals surface area contributed by atoms with E-state index in [1.54, 1.807) is 12.1 Å². The zero-order valence-corrected chi connectivity index (χ0v) is 19.0. The molecule has 2 bridgehead atoms. The minimum atomic E-state index is -3.86. The smallest absolute Gasteiger partial charge is 0.364 e. The zero-order valence-electron chi connectivity index (χ0n) is 19.0. The number of hydrogen-bond donors (Lipinski definition) is 1. The largest absolute Gasteiger partial charge is 0.486 e. The van der Waals surface area contributed by atoms with E-state index >= 15 is 8.78 Å². The first-order valence-corrected chi connectivity index (χ1v) is 11.1. The summed E-state index contributed by atoms with van der Waals surface area (Å²) in [5.41, 5.74) is -5.47. The number of alkyl halides is 4. The summed E-state index contributed by atoms with van der Waals surface area (Å²) in [6.07, 6.45) is 0.920. The molecule has 3 saturated carbocycles. The van der Waals surface area contributed by atoms with Crippen LogP contribution in [-0.2, 0) is 17.6 Å². The molecular weight excluding hydrogens is 504 g/mol. The highest BCUT2D eigenvalue weighted by Gasteiger charge is 2.82. The van der Waals surface area contributed by atoms with Crippen LogP contribution < -0.4 is 4.74 Å². The van der Waals surface area contributed by atoms with Gasteiger partial charge in [0.2, 0.25) is 0 Å². The van der Waals surface area contributed by atoms with Crippen LogP contribution in [0.5, 0.6) is 5.75 Å². The lowest BCUT2D eigenvalue weighted by Gasteiger charge is -2.74. The normalized spacial score (nSPS) is 24.4. The Kier molecular flexibility index (Phi) is 5.52. The number of benzene rings is 2. The second-order valence-corrected chi connectivity index (χ2v) is 9.79. The van der Waals surface area contributed by atoms with Gasteiger partial charge in [-0.05, 0) is 64.9 Å². The Hall–Kier alpha value is -3.66. The second-order valence-electron chi connectivity index (χ2n) is 9.79. The number of rotatable bonds is 9. The molecule has 0 aliphatic heterocycles. The van der Waals surface area contributed by atoms with Crippen molar-refractivity contribution in [1.29, 1.82) is 5.26 Å². The van der Waals surface area contributed by atoms with E-state index in [4.69, 9.17) is 10.00 Å². The molecule has 7 nitrogen and oxygen atoms in total. The minimum absolute atomic E-state index is 0.0273. The zero-order chi connectivity index (χ0) is 26.7. The highest BCUT2D eigenvalue weighted by Crippen LogP contribution is 2.80. The maximum atomic E-state index is 16.2. The Morgan fingerprint density at radius 2 is 1.73 bits per heavy atom. The van der Waals surface area contributed by atoms with E-state index in [0.29, 0.717) is 11.6 Å². The van der Waals surface area contributed by atoms with Crippen LogP contribution in [0.4, 0.5) is 26.3 Å². The number of aliphatic hydroxyl groups is 1. The van der Waals surface area contributed by atoms with Gasteiger partial charge in [-0.15, -0.1) is 5.10 Å². The van der Waals surface area contributed by atoms with Crippen molar-refractivity contribution in [2.45, 2.75) is 48.7 Å². The highest BCUT2D eigenvalue weighted by atomic mass is 19.3. The van der Waals surface area contributed by atoms with Crippen LogP contribution in [0, 0.1) is 28.4 Å². The summed E-state index contributed by atoms with van der Waals surface area (Å²) in [7, 11) is 0. The third kappa shape index (κ3) is 3.81. The Balaban J connectivity index is 1.38. The van der Waals surface area contributed by atoms with Crippen molar-refractivity contribution in [2.24, 2.45) is 5.41 Å². The van der Waals surface area contributed by atoms with Crippen LogP contribution in [0.3, 0.4) is 0 Å². The first-order chi connectivity index (χ1) is 17.4. The molecule has 3 fully saturated rings. The number of halogens is 6. The van der Waals surface area contributed by atoms with Gasteiger partial charge < -0.3 is 9.84 Å². The molecule has 194 valence electrons. The SMILES string of the molecule is N#CC(F)(F)COc1ccc(C23CC(C(F)(F)[C@@](O)(Cn4cnnn4)c4ccc(F)cc4F)(C2)C3)cc1. The molecule has 2 aromatic carbocycles. The number of tetrazole rings is 1. The van der Waals surface area contributed by atoms with Crippen molar-refractivity contribution in [3.8, 4) is 11.8 Å². The predicted molar refractivity (Wildman–Crippen MR) is 113 cm³/mol. The maximum Gasteiger partial charge on any atom is 0.364 e. The Morgan fingerprint density at radius 1 is 1.05 bits per heavy atom. The van der Waals surface area contributed by atoms with Crippen LogP contribution >= 0.6 is 0 Å². The second kappa shape index (κ2) is 8.17. The molecule has 1 N–H and O–H groups in total. The van der Waals surface area contributed by atoms with Gasteiger partial charge >= 0.3 is 5.92 Å². The third-order valence-electron chi connectivity index (χ3n) is 7.43. The van der Waals surface area contributed by atoms with Gasteiger partial charge in [0.25, 0.3) is 5.92 Å². The van der Waals surface area contributed by atoms with Gasteiger partial charge in [-0.25, -0.2) is 22.2 Å². The molecular formula is C24H19F6N5O2. The Bertz CT molecular complexity index is 1340. The molecule has 3 aliphatic rings. The lowest BCUT2D eigenvalue weighted by Crippen LogP contribution is -2.76. The molecule has 0 amide bonds. The molecule has 3 aromatic rings. The van der Waals surface area contributed by atoms with Gasteiger partial charge in [0.05, 0.1) is 6.54 Å². The fraction of sp³-hybridized carbons (Fsp3) is 0.417. The van der Waals surface area contributed by atoms with Gasteiger partial charge in [0.1, 0.15) is 29.8 Å². The van der Waals surface area contributed by atoms with Crippen molar-refractivity contribution in [3.05, 3.63) is 71.6 Å². The lowest BCUT2D eigenvalue weighted by molar-refractivity contribution is -0.347. The fourth-order valence-corrected chi connectivity index (χ4v) is 5.64. The van der Waals surface area contributed by atoms with Crippen LogP contribution in [0.15, 0.2) is 48.8 Å². The van der Waals surface area contributed by atoms with E-state index in [1.807, 2.05) is 0 Å². The van der Waals surface area contributed by atoms with E-state index in [0.717, 1.165) is 29.2 Å². The van der Waals surface area contributed by atoms with Crippen LogP contribution in [0.25, 0.3) is 0 Å². The summed E-state index contributed by atoms with van der Waals surface area (Å²) in [4.78, 5) is 0. The molecule has 0 spiro atoms. The summed E-state index contributed by atoms with van der Waals surface area (Å²) in [5.74, 6) is -9.73. The van der Waals surface area contributed by atoms with Crippen molar-refractivity contribution >= 4 is 0 Å². The van der Waals surface area contributed by atoms with Crippen molar-refractivity contribution in [3.63, 3.8) is 0 Å². The molecule has 6 rings (SSSR count). The van der Waals surface area contributed by atoms with Crippen LogP contribution in [0.1, 0.15) is 30.4 Å². The average Bonchev–Trinajstić information content (AvgIpc) is 3.29. The fourth-order valence-electron chi connectivity index (χ4n) is 5.64. The maximum absolute atomic E-state index is 16.2. The van der Waals surface area contributed by atoms with E-state index in [-0.39, 0.29) is 25.0 Å². The van der Waals surface area contributed by atoms with E-state index in [9.17, 15) is 22.7 Å². The molecule has 0 radical (unpaired) electrons. The molecule has 37 heavy (non-hydrogen) atoms. The molecule has 3 aliphatic carbocycles. The molecule has 13 heteroatoms. The molecule has 0 saturated heterocycles. The quantitative estimate of drug-likeness (QED) is 0.424. The topological polar surface area (TPSA) is 96.8 Å². The highest BCUT2D eigenvalue weighted by molar-refractivity contribution is 5.44. The number of ether oxygens (including phenoxy) is 1. The Morgan fingerprint density at radius 3 is 2.30 bits per heavy atom. The van der Waals surface area contributed by atoms with Crippen LogP contribution in [-0.4, -0.2) is 43.8 Å². The molecule has 1 aromatic heterocycles. The predicted octanol–water partition coefficient (Wildman–Crippen LogP) is 4.13. The van der Waals surface area contributed by atoms with Gasteiger partial charge in [0, 0.05) is 17.0 Å². The van der Waals surface area contributed by atoms with Crippen molar-refractivity contribution in [1.82, 2.24) is 20.2 Å². The van der Waals surface area contributed by atoms with Gasteiger partial charge in [-0.1, -0.05) is 12.1 Å². The van der Waals surface area contributed by atoms with E-state index in [1.165, 1.54) is 12.1 Å². The first kappa shape index (κ1) is 25.0. The molecule has 1 atom stereocenters. The Labute approximate surface area is 206 Å². The summed E-state index contributed by atoms with van der Waals surface area (Å²) in [6, 6.07) is 8.82. The molecule has 0 unspecified atom stereocenters. The lowest BCUT2D eigenvalue weighted by atomic mass is 9.30. The number of aromatic nitrogens is 4. The van der Waals surface area contributed by atoms with Crippen molar-refractivity contribution < 1.29 is 36.2 Å². The number of nitriles is 1. The van der Waals surface area contributed by atoms with Gasteiger partial charge in [0.15, 0.2) is 12.2 Å². The summed E-state index contributed by atoms with van der Waals surface area (Å²) in [5, 5.41) is 30.0. The summed E-state index contributed by atoms with van der Waals surface area (Å²) < 4.78 is 92.5. The van der Waals surface area contributed by atoms with E-state index in [2.05, 4.69) is 15.5 Å². The van der Waals surface area contributed by atoms with Crippen molar-refractivity contribution in [2.75, 3.05) is 6.61 Å². The molecule has 1 heterocycles.